The molecule has 0 spiro atoms. The first-order valence-electron chi connectivity index (χ1n) is 9.59. The highest BCUT2D eigenvalue weighted by atomic mass is 16.5. The fourth-order valence-corrected chi connectivity index (χ4v) is 3.65. The first-order valence-corrected chi connectivity index (χ1v) is 9.59. The van der Waals surface area contributed by atoms with Crippen LogP contribution in [0.15, 0.2) is 16.5 Å². The van der Waals surface area contributed by atoms with Gasteiger partial charge in [-0.3, -0.25) is 14.4 Å². The lowest BCUT2D eigenvalue weighted by molar-refractivity contribution is -0.121. The number of amides is 1. The molecule has 1 fully saturated rings. The summed E-state index contributed by atoms with van der Waals surface area (Å²) >= 11 is 0. The van der Waals surface area contributed by atoms with Crippen molar-refractivity contribution in [2.45, 2.75) is 39.7 Å². The van der Waals surface area contributed by atoms with Crippen LogP contribution < -0.4 is 5.32 Å². The number of hydrogen-bond donors (Lipinski definition) is 1. The summed E-state index contributed by atoms with van der Waals surface area (Å²) in [6.07, 6.45) is 1.17. The summed E-state index contributed by atoms with van der Waals surface area (Å²) < 4.78 is 13.2. The van der Waals surface area contributed by atoms with Gasteiger partial charge >= 0.3 is 0 Å². The summed E-state index contributed by atoms with van der Waals surface area (Å²) in [7, 11) is 1.93. The van der Waals surface area contributed by atoms with Gasteiger partial charge in [-0.25, -0.2) is 0 Å². The summed E-state index contributed by atoms with van der Waals surface area (Å²) in [4.78, 5) is 14.8. The molecule has 1 unspecified atom stereocenters. The van der Waals surface area contributed by atoms with Gasteiger partial charge in [-0.2, -0.15) is 5.10 Å². The third-order valence-corrected chi connectivity index (χ3v) is 5.33. The molecule has 0 aromatic carbocycles. The first kappa shape index (κ1) is 19.6. The van der Waals surface area contributed by atoms with Crippen LogP contribution in [0.5, 0.6) is 0 Å². The minimum absolute atomic E-state index is 0.0356. The zero-order valence-corrected chi connectivity index (χ0v) is 16.7. The van der Waals surface area contributed by atoms with Crippen molar-refractivity contribution in [1.29, 1.82) is 0 Å². The number of ether oxygens (including phenoxy) is 1. The van der Waals surface area contributed by atoms with Gasteiger partial charge in [0.25, 0.3) is 0 Å². The van der Waals surface area contributed by atoms with Crippen LogP contribution in [0, 0.1) is 20.8 Å². The minimum Gasteiger partial charge on any atom is -0.465 e. The Bertz CT molecular complexity index is 774. The molecule has 0 radical (unpaired) electrons. The fourth-order valence-electron chi connectivity index (χ4n) is 3.65. The molecule has 2 aromatic heterocycles. The van der Waals surface area contributed by atoms with E-state index in [0.717, 1.165) is 36.0 Å². The average Bonchev–Trinajstić information content (AvgIpc) is 3.18. The Labute approximate surface area is 160 Å². The van der Waals surface area contributed by atoms with E-state index in [1.165, 1.54) is 5.56 Å². The lowest BCUT2D eigenvalue weighted by Gasteiger charge is -2.33. The molecule has 2 aromatic rings. The molecule has 148 valence electrons. The van der Waals surface area contributed by atoms with Gasteiger partial charge in [-0.05, 0) is 44.9 Å². The molecule has 3 rings (SSSR count). The lowest BCUT2D eigenvalue weighted by Crippen LogP contribution is -2.43. The van der Waals surface area contributed by atoms with Gasteiger partial charge in [-0.1, -0.05) is 0 Å². The largest absolute Gasteiger partial charge is 0.465 e. The summed E-state index contributed by atoms with van der Waals surface area (Å²) in [6.45, 7) is 9.62. The number of rotatable bonds is 7. The van der Waals surface area contributed by atoms with Crippen molar-refractivity contribution in [3.63, 3.8) is 0 Å². The summed E-state index contributed by atoms with van der Waals surface area (Å²) in [6, 6.07) is 4.01. The first-order chi connectivity index (χ1) is 13.0. The number of morpholine rings is 1. The van der Waals surface area contributed by atoms with Crippen molar-refractivity contribution in [2.24, 2.45) is 7.05 Å². The molecular weight excluding hydrogens is 344 g/mol. The summed E-state index contributed by atoms with van der Waals surface area (Å²) in [5.41, 5.74) is 3.29. The van der Waals surface area contributed by atoms with Crippen LogP contribution in [-0.2, 0) is 23.0 Å². The van der Waals surface area contributed by atoms with Crippen LogP contribution in [-0.4, -0.2) is 53.4 Å². The van der Waals surface area contributed by atoms with Gasteiger partial charge in [0.2, 0.25) is 5.91 Å². The number of furan rings is 1. The van der Waals surface area contributed by atoms with Crippen molar-refractivity contribution in [3.8, 4) is 0 Å². The number of nitrogens with zero attached hydrogens (tertiary/aromatic N) is 3. The molecule has 0 aliphatic carbocycles. The van der Waals surface area contributed by atoms with E-state index < -0.39 is 0 Å². The predicted molar refractivity (Wildman–Crippen MR) is 103 cm³/mol. The second kappa shape index (κ2) is 8.71. The Morgan fingerprint density at radius 2 is 2.00 bits per heavy atom. The standard InChI is InChI=1S/C20H30N4O3/c1-14-5-7-19(27-14)18(24-9-11-26-12-10-24)13-21-20(25)8-6-17-15(2)22-23(4)16(17)3/h5,7,18H,6,8-13H2,1-4H3,(H,21,25). The third kappa shape index (κ3) is 4.78. The molecule has 1 aliphatic heterocycles. The second-order valence-electron chi connectivity index (χ2n) is 7.19. The molecule has 1 N–H and O–H groups in total. The Morgan fingerprint density at radius 1 is 1.26 bits per heavy atom. The average molecular weight is 374 g/mol. The van der Waals surface area contributed by atoms with Gasteiger partial charge < -0.3 is 14.5 Å². The number of aryl methyl sites for hydroxylation is 3. The van der Waals surface area contributed by atoms with E-state index in [9.17, 15) is 4.79 Å². The molecule has 7 nitrogen and oxygen atoms in total. The third-order valence-electron chi connectivity index (χ3n) is 5.33. The second-order valence-corrected chi connectivity index (χ2v) is 7.19. The van der Waals surface area contributed by atoms with Gasteiger partial charge in [0.05, 0.1) is 24.9 Å². The maximum atomic E-state index is 12.5. The van der Waals surface area contributed by atoms with Crippen molar-refractivity contribution in [1.82, 2.24) is 20.0 Å². The molecule has 1 aliphatic rings. The Balaban J connectivity index is 1.58. The van der Waals surface area contributed by atoms with Crippen LogP contribution in [0.25, 0.3) is 0 Å². The molecule has 1 amide bonds. The predicted octanol–water partition coefficient (Wildman–Crippen LogP) is 2.06. The molecule has 1 saturated heterocycles. The van der Waals surface area contributed by atoms with E-state index in [1.807, 2.05) is 44.6 Å². The van der Waals surface area contributed by atoms with E-state index >= 15 is 0 Å². The summed E-state index contributed by atoms with van der Waals surface area (Å²) in [5.74, 6) is 1.84. The van der Waals surface area contributed by atoms with Crippen LogP contribution >= 0.6 is 0 Å². The van der Waals surface area contributed by atoms with Gasteiger partial charge in [0, 0.05) is 38.8 Å². The zero-order valence-electron chi connectivity index (χ0n) is 16.7. The molecule has 7 heteroatoms. The normalized spacial score (nSPS) is 16.4. The number of hydrogen-bond acceptors (Lipinski definition) is 5. The molecule has 1 atom stereocenters. The van der Waals surface area contributed by atoms with Gasteiger partial charge in [0.15, 0.2) is 0 Å². The molecular formula is C20H30N4O3. The van der Waals surface area contributed by atoms with Crippen LogP contribution in [0.3, 0.4) is 0 Å². The van der Waals surface area contributed by atoms with Gasteiger partial charge in [0.1, 0.15) is 11.5 Å². The smallest absolute Gasteiger partial charge is 0.220 e. The number of aromatic nitrogens is 2. The minimum atomic E-state index is 0.0356. The highest BCUT2D eigenvalue weighted by molar-refractivity contribution is 5.76. The SMILES string of the molecule is Cc1ccc(C(CNC(=O)CCc2c(C)nn(C)c2C)N2CCOCC2)o1. The topological polar surface area (TPSA) is 72.5 Å². The van der Waals surface area contributed by atoms with Crippen molar-refractivity contribution in [2.75, 3.05) is 32.8 Å². The van der Waals surface area contributed by atoms with E-state index in [4.69, 9.17) is 9.15 Å². The number of nitrogens with one attached hydrogen (secondary N) is 1. The van der Waals surface area contributed by atoms with Gasteiger partial charge in [-0.15, -0.1) is 0 Å². The Hall–Kier alpha value is -2.12. The molecule has 3 heterocycles. The number of carbonyl (C=O) groups is 1. The number of carbonyl (C=O) groups excluding carboxylic acids is 1. The van der Waals surface area contributed by atoms with Crippen molar-refractivity contribution in [3.05, 3.63) is 40.6 Å². The lowest BCUT2D eigenvalue weighted by atomic mass is 10.1. The van der Waals surface area contributed by atoms with Crippen molar-refractivity contribution >= 4 is 5.91 Å². The van der Waals surface area contributed by atoms with Crippen LogP contribution in [0.2, 0.25) is 0 Å². The fraction of sp³-hybridized carbons (Fsp3) is 0.600. The van der Waals surface area contributed by atoms with E-state index in [1.54, 1.807) is 0 Å². The van der Waals surface area contributed by atoms with Crippen LogP contribution in [0.1, 0.15) is 40.9 Å². The molecule has 27 heavy (non-hydrogen) atoms. The highest BCUT2D eigenvalue weighted by Gasteiger charge is 2.25. The van der Waals surface area contributed by atoms with E-state index in [0.29, 0.717) is 32.6 Å². The van der Waals surface area contributed by atoms with E-state index in [-0.39, 0.29) is 11.9 Å². The zero-order chi connectivity index (χ0) is 19.4. The molecule has 0 bridgehead atoms. The van der Waals surface area contributed by atoms with E-state index in [2.05, 4.69) is 15.3 Å². The quantitative estimate of drug-likeness (QED) is 0.803. The monoisotopic (exact) mass is 374 g/mol. The van der Waals surface area contributed by atoms with Crippen molar-refractivity contribution < 1.29 is 13.9 Å². The summed E-state index contributed by atoms with van der Waals surface area (Å²) in [5, 5.41) is 7.52. The maximum Gasteiger partial charge on any atom is 0.220 e. The maximum absolute atomic E-state index is 12.5. The Morgan fingerprint density at radius 3 is 2.59 bits per heavy atom. The Kier molecular flexibility index (Phi) is 6.34. The molecule has 0 saturated carbocycles. The van der Waals surface area contributed by atoms with Crippen LogP contribution in [0.4, 0.5) is 0 Å². The highest BCUT2D eigenvalue weighted by Crippen LogP contribution is 2.23.